The molecular weight excluding hydrogens is 440 g/mol. The number of thioether (sulfide) groups is 1. The molecule has 0 unspecified atom stereocenters. The Morgan fingerprint density at radius 3 is 2.33 bits per heavy atom. The first-order chi connectivity index (χ1) is 15.9. The van der Waals surface area contributed by atoms with E-state index in [2.05, 4.69) is 106 Å². The Balaban J connectivity index is 1.56. The summed E-state index contributed by atoms with van der Waals surface area (Å²) in [5.41, 5.74) is 8.18. The minimum Gasteiger partial charge on any atom is -0.335 e. The van der Waals surface area contributed by atoms with E-state index in [4.69, 9.17) is 0 Å². The summed E-state index contributed by atoms with van der Waals surface area (Å²) in [7, 11) is 0. The second-order valence-electron chi connectivity index (χ2n) is 8.90. The highest BCUT2D eigenvalue weighted by Crippen LogP contribution is 2.47. The summed E-state index contributed by atoms with van der Waals surface area (Å²) in [5.74, 6) is 0. The third kappa shape index (κ3) is 4.97. The average Bonchev–Trinajstić information content (AvgIpc) is 3.27. The number of hydrogen-bond donors (Lipinski definition) is 0. The van der Waals surface area contributed by atoms with E-state index in [0.29, 0.717) is 0 Å². The van der Waals surface area contributed by atoms with Crippen molar-refractivity contribution in [3.63, 3.8) is 0 Å². The van der Waals surface area contributed by atoms with Crippen LogP contribution in [0.15, 0.2) is 58.5 Å². The Labute approximate surface area is 207 Å². The molecule has 0 spiro atoms. The zero-order valence-electron chi connectivity index (χ0n) is 20.7. The molecule has 1 aromatic heterocycles. The number of thiazole rings is 1. The Hall–Kier alpha value is -2.30. The molecule has 0 saturated carbocycles. The van der Waals surface area contributed by atoms with Gasteiger partial charge in [0.05, 0.1) is 10.7 Å². The Bertz CT molecular complexity index is 1260. The van der Waals surface area contributed by atoms with Crippen molar-refractivity contribution in [1.82, 2.24) is 0 Å². The summed E-state index contributed by atoms with van der Waals surface area (Å²) >= 11 is 3.77. The minimum atomic E-state index is 1.05. The zero-order valence-corrected chi connectivity index (χ0v) is 22.4. The van der Waals surface area contributed by atoms with Crippen LogP contribution in [-0.2, 0) is 6.54 Å². The number of aryl methyl sites for hydroxylation is 5. The summed E-state index contributed by atoms with van der Waals surface area (Å²) < 4.78 is 3.84. The minimum absolute atomic E-state index is 1.05. The molecule has 0 amide bonds. The van der Waals surface area contributed by atoms with E-state index in [-0.39, 0.29) is 0 Å². The van der Waals surface area contributed by atoms with Gasteiger partial charge >= 0.3 is 0 Å². The van der Waals surface area contributed by atoms with Crippen molar-refractivity contribution in [2.45, 2.75) is 65.8 Å². The average molecular weight is 476 g/mol. The van der Waals surface area contributed by atoms with E-state index in [9.17, 15) is 0 Å². The van der Waals surface area contributed by atoms with E-state index in [1.807, 2.05) is 23.1 Å². The Morgan fingerprint density at radius 2 is 1.58 bits per heavy atom. The highest BCUT2D eigenvalue weighted by atomic mass is 32.2. The molecule has 33 heavy (non-hydrogen) atoms. The lowest BCUT2D eigenvalue weighted by molar-refractivity contribution is -0.668. The van der Waals surface area contributed by atoms with Gasteiger partial charge in [0, 0.05) is 30.0 Å². The number of allylic oxidation sites excluding steroid dienone is 4. The van der Waals surface area contributed by atoms with E-state index in [0.717, 1.165) is 25.9 Å². The molecule has 1 aliphatic rings. The molecule has 3 aromatic rings. The van der Waals surface area contributed by atoms with Crippen LogP contribution in [0.25, 0.3) is 16.3 Å². The summed E-state index contributed by atoms with van der Waals surface area (Å²) in [6.45, 7) is 15.4. The van der Waals surface area contributed by atoms with Gasteiger partial charge in [0.15, 0.2) is 0 Å². The fraction of sp³-hybridized carbons (Fsp3) is 0.345. The van der Waals surface area contributed by atoms with Crippen LogP contribution in [0.3, 0.4) is 0 Å². The normalized spacial score (nSPS) is 15.1. The maximum atomic E-state index is 2.46. The third-order valence-electron chi connectivity index (χ3n) is 6.29. The maximum absolute atomic E-state index is 2.46. The summed E-state index contributed by atoms with van der Waals surface area (Å²) in [5, 5.41) is 2.63. The largest absolute Gasteiger partial charge is 0.335 e. The molecule has 4 rings (SSSR count). The van der Waals surface area contributed by atoms with Gasteiger partial charge in [-0.25, -0.2) is 0 Å². The van der Waals surface area contributed by atoms with Gasteiger partial charge in [-0.2, -0.15) is 4.57 Å². The van der Waals surface area contributed by atoms with Gasteiger partial charge in [-0.1, -0.05) is 55.2 Å². The van der Waals surface area contributed by atoms with Gasteiger partial charge in [0.1, 0.15) is 11.2 Å². The van der Waals surface area contributed by atoms with E-state index >= 15 is 0 Å². The van der Waals surface area contributed by atoms with Crippen LogP contribution in [0.2, 0.25) is 0 Å². The molecule has 4 heteroatoms. The standard InChI is InChI=1S/C29H35N2S2/c1-7-14-30-24-16-20(3)22(5)18-26(24)32-28(30)12-10-9-11-13-29-31(15-8-2)25-17-21(4)23(6)19-27(25)33-29/h9-13,16-19H,7-8,14-15H2,1-6H3/q+1. The maximum Gasteiger partial charge on any atom is 0.262 e. The van der Waals surface area contributed by atoms with Gasteiger partial charge < -0.3 is 4.90 Å². The highest BCUT2D eigenvalue weighted by molar-refractivity contribution is 8.03. The lowest BCUT2D eigenvalue weighted by atomic mass is 10.1. The van der Waals surface area contributed by atoms with Crippen LogP contribution in [-0.4, -0.2) is 6.54 Å². The van der Waals surface area contributed by atoms with Gasteiger partial charge in [0.25, 0.3) is 5.01 Å². The summed E-state index contributed by atoms with van der Waals surface area (Å²) in [6, 6.07) is 9.35. The molecule has 0 aliphatic carbocycles. The molecule has 0 N–H and O–H groups in total. The molecule has 0 atom stereocenters. The van der Waals surface area contributed by atoms with E-state index in [1.54, 1.807) is 0 Å². The number of benzene rings is 2. The highest BCUT2D eigenvalue weighted by Gasteiger charge is 2.24. The van der Waals surface area contributed by atoms with Crippen molar-refractivity contribution < 1.29 is 4.57 Å². The predicted molar refractivity (Wildman–Crippen MR) is 147 cm³/mol. The topological polar surface area (TPSA) is 7.12 Å². The fourth-order valence-electron chi connectivity index (χ4n) is 4.20. The summed E-state index contributed by atoms with van der Waals surface area (Å²) in [4.78, 5) is 3.84. The smallest absolute Gasteiger partial charge is 0.262 e. The third-order valence-corrected chi connectivity index (χ3v) is 8.51. The molecule has 0 fully saturated rings. The van der Waals surface area contributed by atoms with Crippen LogP contribution in [0.4, 0.5) is 5.69 Å². The second-order valence-corrected chi connectivity index (χ2v) is 11.0. The van der Waals surface area contributed by atoms with Crippen molar-refractivity contribution in [3.8, 4) is 0 Å². The number of nitrogens with zero attached hydrogens (tertiary/aromatic N) is 2. The van der Waals surface area contributed by atoms with Crippen molar-refractivity contribution >= 4 is 45.1 Å². The number of hydrogen-bond acceptors (Lipinski definition) is 3. The van der Waals surface area contributed by atoms with Crippen molar-refractivity contribution in [1.29, 1.82) is 0 Å². The monoisotopic (exact) mass is 475 g/mol. The van der Waals surface area contributed by atoms with Gasteiger partial charge in [-0.3, -0.25) is 0 Å². The van der Waals surface area contributed by atoms with E-state index in [1.165, 1.54) is 53.1 Å². The van der Waals surface area contributed by atoms with Crippen LogP contribution >= 0.6 is 23.1 Å². The van der Waals surface area contributed by atoms with Crippen LogP contribution in [0.1, 0.15) is 54.0 Å². The molecule has 2 nitrogen and oxygen atoms in total. The molecule has 2 heterocycles. The van der Waals surface area contributed by atoms with Crippen molar-refractivity contribution in [2.24, 2.45) is 0 Å². The number of anilines is 1. The van der Waals surface area contributed by atoms with Gasteiger partial charge in [-0.05, 0) is 80.6 Å². The number of aromatic nitrogens is 1. The SMILES string of the molecule is CCCN1/C(=C/C=C/C=C/c2sc3cc(C)c(C)cc3[n+]2CCC)Sc2cc(C)c(C)cc21. The molecule has 1 aliphatic heterocycles. The van der Waals surface area contributed by atoms with E-state index < -0.39 is 0 Å². The van der Waals surface area contributed by atoms with Crippen molar-refractivity contribution in [2.75, 3.05) is 11.4 Å². The van der Waals surface area contributed by atoms with Crippen LogP contribution in [0.5, 0.6) is 0 Å². The number of rotatable bonds is 7. The van der Waals surface area contributed by atoms with Crippen molar-refractivity contribution in [3.05, 3.63) is 80.9 Å². The van der Waals surface area contributed by atoms with Crippen LogP contribution < -0.4 is 9.47 Å². The lowest BCUT2D eigenvalue weighted by Gasteiger charge is -2.20. The predicted octanol–water partition coefficient (Wildman–Crippen LogP) is 8.27. The lowest BCUT2D eigenvalue weighted by Crippen LogP contribution is -2.34. The first kappa shape index (κ1) is 23.8. The van der Waals surface area contributed by atoms with Gasteiger partial charge in [0.2, 0.25) is 5.52 Å². The quantitative estimate of drug-likeness (QED) is 0.251. The first-order valence-corrected chi connectivity index (χ1v) is 13.6. The molecule has 172 valence electrons. The molecule has 0 saturated heterocycles. The zero-order chi connectivity index (χ0) is 23.5. The molecule has 0 radical (unpaired) electrons. The molecule has 2 aromatic carbocycles. The molecule has 0 bridgehead atoms. The Morgan fingerprint density at radius 1 is 0.848 bits per heavy atom. The van der Waals surface area contributed by atoms with Crippen LogP contribution in [0, 0.1) is 27.7 Å². The van der Waals surface area contributed by atoms with Gasteiger partial charge in [-0.15, -0.1) is 0 Å². The Kier molecular flexibility index (Phi) is 7.45. The fourth-order valence-corrected chi connectivity index (χ4v) is 6.57. The second kappa shape index (κ2) is 10.3. The summed E-state index contributed by atoms with van der Waals surface area (Å²) in [6.07, 6.45) is 13.3. The molecular formula is C29H35N2S2+. The number of fused-ring (bicyclic) bond motifs is 2. The first-order valence-electron chi connectivity index (χ1n) is 12.0.